The van der Waals surface area contributed by atoms with Crippen LogP contribution in [0.5, 0.6) is 0 Å². The molecule has 0 heterocycles. The molecule has 0 unspecified atom stereocenters. The van der Waals surface area contributed by atoms with Crippen molar-refractivity contribution in [1.29, 1.82) is 0 Å². The molecule has 0 fully saturated rings. The van der Waals surface area contributed by atoms with Crippen LogP contribution in [0.3, 0.4) is 0 Å². The minimum absolute atomic E-state index is 0.223. The summed E-state index contributed by atoms with van der Waals surface area (Å²) in [6.07, 6.45) is 1.79. The molecule has 1 rings (SSSR count). The number of halogens is 1. The standard InChI is InChI=1S/C13H20FNO/c1-3-13(15,4-2)10-16-9-11-5-7-12(14)8-6-11/h5-8H,3-4,9-10,15H2,1-2H3. The van der Waals surface area contributed by atoms with Gasteiger partial charge in [-0.05, 0) is 30.5 Å². The van der Waals surface area contributed by atoms with E-state index in [0.29, 0.717) is 13.2 Å². The Morgan fingerprint density at radius 1 is 1.19 bits per heavy atom. The molecule has 2 N–H and O–H groups in total. The largest absolute Gasteiger partial charge is 0.375 e. The zero-order chi connectivity index (χ0) is 12.0. The van der Waals surface area contributed by atoms with E-state index in [9.17, 15) is 4.39 Å². The molecule has 0 spiro atoms. The first-order valence-corrected chi connectivity index (χ1v) is 5.70. The molecular formula is C13H20FNO. The van der Waals surface area contributed by atoms with E-state index in [1.165, 1.54) is 12.1 Å². The Morgan fingerprint density at radius 3 is 2.25 bits per heavy atom. The van der Waals surface area contributed by atoms with Crippen LogP contribution in [0, 0.1) is 5.82 Å². The third-order valence-corrected chi connectivity index (χ3v) is 2.98. The first-order chi connectivity index (χ1) is 7.59. The lowest BCUT2D eigenvalue weighted by Gasteiger charge is -2.26. The molecule has 1 aromatic rings. The summed E-state index contributed by atoms with van der Waals surface area (Å²) in [6, 6.07) is 6.33. The summed E-state index contributed by atoms with van der Waals surface area (Å²) < 4.78 is 18.2. The highest BCUT2D eigenvalue weighted by molar-refractivity contribution is 5.14. The van der Waals surface area contributed by atoms with Gasteiger partial charge in [-0.3, -0.25) is 0 Å². The van der Waals surface area contributed by atoms with E-state index in [4.69, 9.17) is 10.5 Å². The SMILES string of the molecule is CCC(N)(CC)COCc1ccc(F)cc1. The van der Waals surface area contributed by atoms with Gasteiger partial charge in [0.1, 0.15) is 5.82 Å². The number of hydrogen-bond acceptors (Lipinski definition) is 2. The lowest BCUT2D eigenvalue weighted by molar-refractivity contribution is 0.0696. The smallest absolute Gasteiger partial charge is 0.123 e. The summed E-state index contributed by atoms with van der Waals surface area (Å²) in [6.45, 7) is 5.14. The highest BCUT2D eigenvalue weighted by Gasteiger charge is 2.19. The fraction of sp³-hybridized carbons (Fsp3) is 0.538. The average molecular weight is 225 g/mol. The summed E-state index contributed by atoms with van der Waals surface area (Å²) >= 11 is 0. The van der Waals surface area contributed by atoms with Gasteiger partial charge < -0.3 is 10.5 Å². The van der Waals surface area contributed by atoms with Crippen LogP contribution < -0.4 is 5.73 Å². The van der Waals surface area contributed by atoms with E-state index < -0.39 is 0 Å². The van der Waals surface area contributed by atoms with Crippen LogP contribution in [0.25, 0.3) is 0 Å². The Bertz CT molecular complexity index is 306. The molecule has 0 bridgehead atoms. The normalized spacial score (nSPS) is 11.8. The van der Waals surface area contributed by atoms with Gasteiger partial charge in [-0.2, -0.15) is 0 Å². The zero-order valence-electron chi connectivity index (χ0n) is 10.0. The predicted molar refractivity (Wildman–Crippen MR) is 63.6 cm³/mol. The van der Waals surface area contributed by atoms with Crippen molar-refractivity contribution in [1.82, 2.24) is 0 Å². The highest BCUT2D eigenvalue weighted by atomic mass is 19.1. The molecule has 0 radical (unpaired) electrons. The second-order valence-corrected chi connectivity index (χ2v) is 4.19. The zero-order valence-corrected chi connectivity index (χ0v) is 10.0. The predicted octanol–water partition coefficient (Wildman–Crippen LogP) is 2.86. The maximum Gasteiger partial charge on any atom is 0.123 e. The van der Waals surface area contributed by atoms with Crippen molar-refractivity contribution in [3.05, 3.63) is 35.6 Å². The number of rotatable bonds is 6. The molecule has 3 heteroatoms. The van der Waals surface area contributed by atoms with Crippen molar-refractivity contribution in [2.24, 2.45) is 5.73 Å². The van der Waals surface area contributed by atoms with Gasteiger partial charge in [0, 0.05) is 5.54 Å². The van der Waals surface area contributed by atoms with Crippen LogP contribution in [0.1, 0.15) is 32.3 Å². The topological polar surface area (TPSA) is 35.2 Å². The van der Waals surface area contributed by atoms with Gasteiger partial charge in [0.05, 0.1) is 13.2 Å². The lowest BCUT2D eigenvalue weighted by atomic mass is 9.96. The Balaban J connectivity index is 2.38. The quantitative estimate of drug-likeness (QED) is 0.808. The van der Waals surface area contributed by atoms with Gasteiger partial charge in [-0.1, -0.05) is 26.0 Å². The first-order valence-electron chi connectivity index (χ1n) is 5.70. The Morgan fingerprint density at radius 2 is 1.75 bits per heavy atom. The minimum atomic E-state index is -0.236. The van der Waals surface area contributed by atoms with E-state index in [-0.39, 0.29) is 11.4 Å². The summed E-state index contributed by atoms with van der Waals surface area (Å²) in [4.78, 5) is 0. The molecule has 0 aliphatic carbocycles. The van der Waals surface area contributed by atoms with Gasteiger partial charge >= 0.3 is 0 Å². The molecule has 90 valence electrons. The molecular weight excluding hydrogens is 205 g/mol. The molecule has 2 nitrogen and oxygen atoms in total. The maximum atomic E-state index is 12.6. The van der Waals surface area contributed by atoms with E-state index >= 15 is 0 Å². The summed E-state index contributed by atoms with van der Waals surface area (Å²) in [5, 5.41) is 0. The molecule has 0 saturated heterocycles. The molecule has 1 aromatic carbocycles. The van der Waals surface area contributed by atoms with Crippen molar-refractivity contribution in [3.8, 4) is 0 Å². The second-order valence-electron chi connectivity index (χ2n) is 4.19. The van der Waals surface area contributed by atoms with E-state index in [0.717, 1.165) is 18.4 Å². The van der Waals surface area contributed by atoms with Crippen molar-refractivity contribution >= 4 is 0 Å². The van der Waals surface area contributed by atoms with Crippen LogP contribution >= 0.6 is 0 Å². The first kappa shape index (κ1) is 13.1. The molecule has 0 aliphatic rings. The minimum Gasteiger partial charge on any atom is -0.375 e. The number of nitrogens with two attached hydrogens (primary N) is 1. The molecule has 0 amide bonds. The van der Waals surface area contributed by atoms with Crippen LogP contribution in [0.4, 0.5) is 4.39 Å². The summed E-state index contributed by atoms with van der Waals surface area (Å²) in [5.74, 6) is -0.223. The number of ether oxygens (including phenoxy) is 1. The molecule has 0 saturated carbocycles. The van der Waals surface area contributed by atoms with E-state index in [2.05, 4.69) is 13.8 Å². The van der Waals surface area contributed by atoms with Gasteiger partial charge in [0.2, 0.25) is 0 Å². The third kappa shape index (κ3) is 3.91. The van der Waals surface area contributed by atoms with Crippen LogP contribution in [-0.4, -0.2) is 12.1 Å². The van der Waals surface area contributed by atoms with Crippen LogP contribution in [0.2, 0.25) is 0 Å². The Hall–Kier alpha value is -0.930. The fourth-order valence-electron chi connectivity index (χ4n) is 1.41. The van der Waals surface area contributed by atoms with Crippen molar-refractivity contribution in [2.75, 3.05) is 6.61 Å². The summed E-state index contributed by atoms with van der Waals surface area (Å²) in [7, 11) is 0. The number of benzene rings is 1. The Labute approximate surface area is 96.6 Å². The summed E-state index contributed by atoms with van der Waals surface area (Å²) in [5.41, 5.74) is 6.83. The van der Waals surface area contributed by atoms with Crippen molar-refractivity contribution in [3.63, 3.8) is 0 Å². The highest BCUT2D eigenvalue weighted by Crippen LogP contribution is 2.13. The van der Waals surface area contributed by atoms with Crippen LogP contribution in [-0.2, 0) is 11.3 Å². The Kier molecular flexibility index (Phi) is 4.90. The molecule has 0 aromatic heterocycles. The van der Waals surface area contributed by atoms with E-state index in [1.807, 2.05) is 0 Å². The van der Waals surface area contributed by atoms with E-state index in [1.54, 1.807) is 12.1 Å². The monoisotopic (exact) mass is 225 g/mol. The van der Waals surface area contributed by atoms with Crippen molar-refractivity contribution in [2.45, 2.75) is 38.8 Å². The number of hydrogen-bond donors (Lipinski definition) is 1. The molecule has 0 atom stereocenters. The van der Waals surface area contributed by atoms with Gasteiger partial charge in [-0.25, -0.2) is 4.39 Å². The van der Waals surface area contributed by atoms with Gasteiger partial charge in [0.15, 0.2) is 0 Å². The fourth-order valence-corrected chi connectivity index (χ4v) is 1.41. The van der Waals surface area contributed by atoms with Gasteiger partial charge in [-0.15, -0.1) is 0 Å². The maximum absolute atomic E-state index is 12.6. The van der Waals surface area contributed by atoms with Gasteiger partial charge in [0.25, 0.3) is 0 Å². The molecule has 16 heavy (non-hydrogen) atoms. The second kappa shape index (κ2) is 5.97. The third-order valence-electron chi connectivity index (χ3n) is 2.98. The van der Waals surface area contributed by atoms with Crippen LogP contribution in [0.15, 0.2) is 24.3 Å². The molecule has 0 aliphatic heterocycles. The lowest BCUT2D eigenvalue weighted by Crippen LogP contribution is -2.43. The average Bonchev–Trinajstić information content (AvgIpc) is 2.31. The van der Waals surface area contributed by atoms with Crippen molar-refractivity contribution < 1.29 is 9.13 Å².